The number of fused-ring (bicyclic) bond motifs is 5. The van der Waals surface area contributed by atoms with Crippen molar-refractivity contribution in [2.24, 2.45) is 45.7 Å². The Morgan fingerprint density at radius 2 is 1.90 bits per heavy atom. The van der Waals surface area contributed by atoms with Gasteiger partial charge < -0.3 is 5.32 Å². The first kappa shape index (κ1) is 20.5. The van der Waals surface area contributed by atoms with Gasteiger partial charge in [-0.3, -0.25) is 4.79 Å². The number of rotatable bonds is 8. The first-order valence-corrected chi connectivity index (χ1v) is 11.4. The molecule has 1 aromatic carbocycles. The number of nitrogens with one attached hydrogen (secondary N) is 1. The van der Waals surface area contributed by atoms with Gasteiger partial charge in [-0.1, -0.05) is 52.0 Å². The highest BCUT2D eigenvalue weighted by Crippen LogP contribution is 2.57. The molecule has 0 spiro atoms. The van der Waals surface area contributed by atoms with E-state index in [-0.39, 0.29) is 0 Å². The van der Waals surface area contributed by atoms with Crippen LogP contribution >= 0.6 is 0 Å². The van der Waals surface area contributed by atoms with E-state index in [4.69, 9.17) is 0 Å². The Kier molecular flexibility index (Phi) is 6.00. The van der Waals surface area contributed by atoms with E-state index in [9.17, 15) is 4.79 Å². The summed E-state index contributed by atoms with van der Waals surface area (Å²) in [5.41, 5.74) is 3.64. The van der Waals surface area contributed by atoms with Crippen molar-refractivity contribution < 1.29 is 4.79 Å². The summed E-state index contributed by atoms with van der Waals surface area (Å²) in [6, 6.07) is 9.31. The van der Waals surface area contributed by atoms with E-state index in [1.54, 1.807) is 0 Å². The molecule has 4 rings (SSSR count). The van der Waals surface area contributed by atoms with E-state index >= 15 is 0 Å². The van der Waals surface area contributed by atoms with Gasteiger partial charge in [0.15, 0.2) is 0 Å². The summed E-state index contributed by atoms with van der Waals surface area (Å²) in [6.45, 7) is 9.50. The molecule has 0 radical (unpaired) electrons. The fraction of sp³-hybridized carbons (Fsp3) is 0.640. The average molecular weight is 394 g/mol. The van der Waals surface area contributed by atoms with Crippen LogP contribution in [0.15, 0.2) is 34.5 Å². The normalized spacial score (nSPS) is 30.1. The predicted octanol–water partition coefficient (Wildman–Crippen LogP) is 4.87. The zero-order chi connectivity index (χ0) is 20.5. The summed E-state index contributed by atoms with van der Waals surface area (Å²) in [5, 5.41) is 12.5. The van der Waals surface area contributed by atoms with Gasteiger partial charge in [-0.15, -0.1) is 0 Å². The van der Waals surface area contributed by atoms with Crippen molar-refractivity contribution in [1.82, 2.24) is 5.32 Å². The highest BCUT2D eigenvalue weighted by Gasteiger charge is 2.54. The minimum absolute atomic E-state index is 0.433. The van der Waals surface area contributed by atoms with Crippen LogP contribution < -0.4 is 5.32 Å². The number of hydrogen-bond acceptors (Lipinski definition) is 4. The summed E-state index contributed by atoms with van der Waals surface area (Å²) >= 11 is 0. The van der Waals surface area contributed by atoms with E-state index in [2.05, 4.69) is 73.7 Å². The monoisotopic (exact) mass is 393 g/mol. The lowest BCUT2D eigenvalue weighted by molar-refractivity contribution is -0.121. The number of nitrogens with zero attached hydrogens (tertiary/aromatic N) is 2. The SMILES string of the molecule is CC(C)CC(=O)CC1CC2CC1C1C(c3ccc(CNC(C)C)cc3)=NN=CC21. The van der Waals surface area contributed by atoms with Gasteiger partial charge in [0.1, 0.15) is 5.78 Å². The maximum absolute atomic E-state index is 12.5. The van der Waals surface area contributed by atoms with Crippen molar-refractivity contribution in [2.75, 3.05) is 0 Å². The van der Waals surface area contributed by atoms with E-state index in [1.807, 2.05) is 0 Å². The van der Waals surface area contributed by atoms with Gasteiger partial charge >= 0.3 is 0 Å². The van der Waals surface area contributed by atoms with Crippen LogP contribution in [-0.4, -0.2) is 23.8 Å². The van der Waals surface area contributed by atoms with Gasteiger partial charge in [0, 0.05) is 43.5 Å². The van der Waals surface area contributed by atoms with E-state index < -0.39 is 0 Å². The lowest BCUT2D eigenvalue weighted by atomic mass is 9.69. The van der Waals surface area contributed by atoms with Gasteiger partial charge in [-0.25, -0.2) is 0 Å². The average Bonchev–Trinajstić information content (AvgIpc) is 3.25. The summed E-state index contributed by atoms with van der Waals surface area (Å²) < 4.78 is 0. The molecule has 2 saturated carbocycles. The summed E-state index contributed by atoms with van der Waals surface area (Å²) in [5.74, 6) is 3.61. The van der Waals surface area contributed by atoms with Crippen LogP contribution in [0.25, 0.3) is 0 Å². The number of carbonyl (C=O) groups is 1. The molecule has 4 heteroatoms. The Morgan fingerprint density at radius 1 is 1.14 bits per heavy atom. The molecular weight excluding hydrogens is 358 g/mol. The van der Waals surface area contributed by atoms with Crippen molar-refractivity contribution in [3.05, 3.63) is 35.4 Å². The molecule has 29 heavy (non-hydrogen) atoms. The largest absolute Gasteiger partial charge is 0.310 e. The van der Waals surface area contributed by atoms with Crippen LogP contribution in [0.3, 0.4) is 0 Å². The molecule has 5 atom stereocenters. The zero-order valence-electron chi connectivity index (χ0n) is 18.3. The Labute approximate surface area is 175 Å². The molecule has 3 aliphatic rings. The third-order valence-electron chi connectivity index (χ3n) is 7.02. The minimum Gasteiger partial charge on any atom is -0.310 e. The lowest BCUT2D eigenvalue weighted by Gasteiger charge is -2.36. The van der Waals surface area contributed by atoms with Gasteiger partial charge in [0.25, 0.3) is 0 Å². The Hall–Kier alpha value is -1.81. The van der Waals surface area contributed by atoms with Crippen LogP contribution in [0.1, 0.15) is 64.5 Å². The molecule has 0 saturated heterocycles. The van der Waals surface area contributed by atoms with Crippen molar-refractivity contribution >= 4 is 17.7 Å². The molecule has 5 unspecified atom stereocenters. The molecule has 0 aromatic heterocycles. The molecule has 2 aliphatic carbocycles. The van der Waals surface area contributed by atoms with Crippen molar-refractivity contribution in [3.63, 3.8) is 0 Å². The fourth-order valence-electron chi connectivity index (χ4n) is 5.80. The van der Waals surface area contributed by atoms with Crippen molar-refractivity contribution in [3.8, 4) is 0 Å². The molecule has 4 nitrogen and oxygen atoms in total. The number of hydrogen-bond donors (Lipinski definition) is 1. The van der Waals surface area contributed by atoms with Crippen LogP contribution in [0.4, 0.5) is 0 Å². The molecule has 0 amide bonds. The van der Waals surface area contributed by atoms with Gasteiger partial charge in [0.05, 0.1) is 5.71 Å². The second kappa shape index (κ2) is 8.51. The second-order valence-electron chi connectivity index (χ2n) is 10.1. The maximum Gasteiger partial charge on any atom is 0.133 e. The summed E-state index contributed by atoms with van der Waals surface area (Å²) in [6.07, 6.45) is 5.99. The molecule has 156 valence electrons. The Balaban J connectivity index is 1.48. The van der Waals surface area contributed by atoms with E-state index in [1.165, 1.54) is 24.0 Å². The standard InChI is InChI=1S/C25H35N3O/c1-15(2)9-21(29)11-19-10-20-12-22(19)24-23(20)14-27-28-25(24)18-7-5-17(6-8-18)13-26-16(3)4/h5-8,14-16,19-20,22-24,26H,9-13H2,1-4H3. The van der Waals surface area contributed by atoms with Crippen LogP contribution in [0.5, 0.6) is 0 Å². The van der Waals surface area contributed by atoms with Crippen LogP contribution in [0.2, 0.25) is 0 Å². The third kappa shape index (κ3) is 4.37. The molecule has 1 N–H and O–H groups in total. The number of carbonyl (C=O) groups excluding carboxylic acids is 1. The highest BCUT2D eigenvalue weighted by atomic mass is 16.1. The minimum atomic E-state index is 0.433. The summed E-state index contributed by atoms with van der Waals surface area (Å²) in [4.78, 5) is 12.5. The zero-order valence-corrected chi connectivity index (χ0v) is 18.3. The van der Waals surface area contributed by atoms with Crippen LogP contribution in [0, 0.1) is 35.5 Å². The first-order valence-electron chi connectivity index (χ1n) is 11.4. The quantitative estimate of drug-likeness (QED) is 0.685. The molecule has 2 bridgehead atoms. The smallest absolute Gasteiger partial charge is 0.133 e. The predicted molar refractivity (Wildman–Crippen MR) is 119 cm³/mol. The summed E-state index contributed by atoms with van der Waals surface area (Å²) in [7, 11) is 0. The van der Waals surface area contributed by atoms with Crippen molar-refractivity contribution in [1.29, 1.82) is 0 Å². The fourth-order valence-corrected chi connectivity index (χ4v) is 5.80. The third-order valence-corrected chi connectivity index (χ3v) is 7.02. The van der Waals surface area contributed by atoms with E-state index in [0.29, 0.717) is 47.3 Å². The topological polar surface area (TPSA) is 53.8 Å². The number of ketones is 1. The highest BCUT2D eigenvalue weighted by molar-refractivity contribution is 6.05. The van der Waals surface area contributed by atoms with Crippen molar-refractivity contribution in [2.45, 2.75) is 66.0 Å². The van der Waals surface area contributed by atoms with Gasteiger partial charge in [0.2, 0.25) is 0 Å². The second-order valence-corrected chi connectivity index (χ2v) is 10.1. The molecule has 2 fully saturated rings. The Bertz CT molecular complexity index is 793. The van der Waals surface area contributed by atoms with Crippen LogP contribution in [-0.2, 0) is 11.3 Å². The van der Waals surface area contributed by atoms with Gasteiger partial charge in [-0.2, -0.15) is 10.2 Å². The van der Waals surface area contributed by atoms with Gasteiger partial charge in [-0.05, 0) is 47.6 Å². The molecule has 1 aromatic rings. The number of Topliss-reactive ketones (excluding diaryl/α,β-unsaturated/α-hetero) is 1. The number of benzene rings is 1. The molecular formula is C25H35N3O. The first-order chi connectivity index (χ1) is 13.9. The lowest BCUT2D eigenvalue weighted by Crippen LogP contribution is -2.37. The molecule has 1 heterocycles. The molecule has 1 aliphatic heterocycles. The Morgan fingerprint density at radius 3 is 2.59 bits per heavy atom. The maximum atomic E-state index is 12.5. The van der Waals surface area contributed by atoms with E-state index in [0.717, 1.165) is 25.1 Å².